The van der Waals surface area contributed by atoms with E-state index in [0.717, 1.165) is 11.1 Å². The van der Waals surface area contributed by atoms with Gasteiger partial charge >= 0.3 is 0 Å². The third-order valence-corrected chi connectivity index (χ3v) is 5.82. The molecule has 0 aliphatic carbocycles. The Hall–Kier alpha value is -3.07. The Kier molecular flexibility index (Phi) is 6.15. The Labute approximate surface area is 163 Å². The number of hydrogen-bond donors (Lipinski definition) is 1. The minimum absolute atomic E-state index is 0.0287. The fourth-order valence-electron chi connectivity index (χ4n) is 2.82. The first-order valence-corrected chi connectivity index (χ1v) is 10.6. The lowest BCUT2D eigenvalue weighted by atomic mass is 10.1. The average Bonchev–Trinajstić information content (AvgIpc) is 3.18. The highest BCUT2D eigenvalue weighted by Crippen LogP contribution is 2.18. The summed E-state index contributed by atoms with van der Waals surface area (Å²) in [5, 5.41) is 13.7. The summed E-state index contributed by atoms with van der Waals surface area (Å²) in [4.78, 5) is 12.2. The summed E-state index contributed by atoms with van der Waals surface area (Å²) in [5.41, 5.74) is 3.19. The van der Waals surface area contributed by atoms with Crippen molar-refractivity contribution in [3.63, 3.8) is 0 Å². The van der Waals surface area contributed by atoms with Crippen LogP contribution in [0.5, 0.6) is 0 Å². The first-order valence-electron chi connectivity index (χ1n) is 8.81. The molecule has 0 unspecified atom stereocenters. The van der Waals surface area contributed by atoms with Gasteiger partial charge in [0, 0.05) is 5.69 Å². The van der Waals surface area contributed by atoms with Crippen LogP contribution in [-0.2, 0) is 21.1 Å². The fraction of sp³-hybridized carbons (Fsp3) is 0.263. The largest absolute Gasteiger partial charge is 0.325 e. The van der Waals surface area contributed by atoms with Gasteiger partial charge in [-0.2, -0.15) is 0 Å². The molecule has 28 heavy (non-hydrogen) atoms. The number of aromatic nitrogens is 4. The second-order valence-electron chi connectivity index (χ2n) is 6.49. The van der Waals surface area contributed by atoms with Crippen molar-refractivity contribution in [3.05, 3.63) is 66.0 Å². The van der Waals surface area contributed by atoms with Crippen LogP contribution in [0.1, 0.15) is 17.5 Å². The molecule has 0 bridgehead atoms. The highest BCUT2D eigenvalue weighted by atomic mass is 32.2. The van der Waals surface area contributed by atoms with Gasteiger partial charge in [0.2, 0.25) is 5.91 Å². The molecule has 3 rings (SSSR count). The van der Waals surface area contributed by atoms with Crippen LogP contribution in [-0.4, -0.2) is 46.0 Å². The van der Waals surface area contributed by atoms with E-state index in [1.54, 1.807) is 18.2 Å². The highest BCUT2D eigenvalue weighted by Gasteiger charge is 2.17. The quantitative estimate of drug-likeness (QED) is 0.620. The first kappa shape index (κ1) is 19.7. The minimum atomic E-state index is -3.48. The summed E-state index contributed by atoms with van der Waals surface area (Å²) in [6.07, 6.45) is 2.59. The summed E-state index contributed by atoms with van der Waals surface area (Å²) in [7, 11) is -3.48. The van der Waals surface area contributed by atoms with E-state index in [2.05, 4.69) is 20.8 Å². The zero-order valence-electron chi connectivity index (χ0n) is 15.4. The van der Waals surface area contributed by atoms with Crippen molar-refractivity contribution >= 4 is 21.4 Å². The first-order chi connectivity index (χ1) is 13.4. The second-order valence-corrected chi connectivity index (χ2v) is 8.67. The number of amides is 1. The molecule has 0 spiro atoms. The molecule has 0 fully saturated rings. The Balaban J connectivity index is 1.56. The van der Waals surface area contributed by atoms with E-state index < -0.39 is 21.5 Å². The van der Waals surface area contributed by atoms with Gasteiger partial charge in [-0.3, -0.25) is 4.79 Å². The molecule has 0 atom stereocenters. The van der Waals surface area contributed by atoms with E-state index in [1.807, 2.05) is 37.3 Å². The van der Waals surface area contributed by atoms with Crippen molar-refractivity contribution in [2.24, 2.45) is 0 Å². The number of carbonyl (C=O) groups excluding carboxylic acids is 1. The molecular weight excluding hydrogens is 378 g/mol. The van der Waals surface area contributed by atoms with Gasteiger partial charge in [-0.05, 0) is 53.5 Å². The Morgan fingerprint density at radius 3 is 2.64 bits per heavy atom. The van der Waals surface area contributed by atoms with E-state index in [1.165, 1.54) is 11.0 Å². The normalized spacial score (nSPS) is 11.3. The number of rotatable bonds is 8. The topological polar surface area (TPSA) is 107 Å². The van der Waals surface area contributed by atoms with Gasteiger partial charge in [0.1, 0.15) is 12.1 Å². The van der Waals surface area contributed by atoms with Gasteiger partial charge in [0.25, 0.3) is 0 Å². The van der Waals surface area contributed by atoms with Crippen molar-refractivity contribution in [1.82, 2.24) is 20.2 Å². The predicted molar refractivity (Wildman–Crippen MR) is 106 cm³/mol. The van der Waals surface area contributed by atoms with E-state index in [4.69, 9.17) is 0 Å². The lowest BCUT2D eigenvalue weighted by Gasteiger charge is -2.10. The lowest BCUT2D eigenvalue weighted by Crippen LogP contribution is -2.25. The number of hydrogen-bond acceptors (Lipinski definition) is 6. The molecule has 8 nitrogen and oxygen atoms in total. The van der Waals surface area contributed by atoms with Crippen LogP contribution in [0.25, 0.3) is 5.69 Å². The molecule has 0 saturated heterocycles. The molecule has 0 aliphatic heterocycles. The predicted octanol–water partition coefficient (Wildman–Crippen LogP) is 1.96. The van der Waals surface area contributed by atoms with Crippen LogP contribution in [0.4, 0.5) is 5.69 Å². The van der Waals surface area contributed by atoms with Gasteiger partial charge in [-0.1, -0.05) is 36.4 Å². The molecule has 1 heterocycles. The summed E-state index contributed by atoms with van der Waals surface area (Å²) >= 11 is 0. The smallest absolute Gasteiger partial charge is 0.239 e. The summed E-state index contributed by atoms with van der Waals surface area (Å²) in [6.45, 7) is 1.89. The SMILES string of the molecule is Cc1ccc(NC(=O)CS(=O)(=O)CCCc2ccccc2)cc1-n1cnnn1. The van der Waals surface area contributed by atoms with Crippen molar-refractivity contribution in [2.75, 3.05) is 16.8 Å². The van der Waals surface area contributed by atoms with Crippen LogP contribution >= 0.6 is 0 Å². The standard InChI is InChI=1S/C19H21N5O3S/c1-15-9-10-17(12-18(15)24-14-20-22-23-24)21-19(25)13-28(26,27)11-5-8-16-6-3-2-4-7-16/h2-4,6-7,9-10,12,14H,5,8,11,13H2,1H3,(H,21,25). The Morgan fingerprint density at radius 1 is 1.14 bits per heavy atom. The number of nitrogens with zero attached hydrogens (tertiary/aromatic N) is 4. The molecule has 0 aliphatic rings. The fourth-order valence-corrected chi connectivity index (χ4v) is 4.02. The molecule has 1 aromatic heterocycles. The number of anilines is 1. The lowest BCUT2D eigenvalue weighted by molar-refractivity contribution is -0.113. The van der Waals surface area contributed by atoms with Crippen molar-refractivity contribution in [3.8, 4) is 5.69 Å². The van der Waals surface area contributed by atoms with E-state index in [0.29, 0.717) is 24.2 Å². The molecule has 1 N–H and O–H groups in total. The van der Waals surface area contributed by atoms with Crippen LogP contribution in [0.2, 0.25) is 0 Å². The average molecular weight is 399 g/mol. The van der Waals surface area contributed by atoms with Gasteiger partial charge in [0.05, 0.1) is 11.4 Å². The number of tetrazole rings is 1. The van der Waals surface area contributed by atoms with Gasteiger partial charge in [-0.25, -0.2) is 13.1 Å². The van der Waals surface area contributed by atoms with Crippen molar-refractivity contribution < 1.29 is 13.2 Å². The van der Waals surface area contributed by atoms with E-state index >= 15 is 0 Å². The number of carbonyl (C=O) groups is 1. The van der Waals surface area contributed by atoms with Crippen molar-refractivity contribution in [2.45, 2.75) is 19.8 Å². The maximum Gasteiger partial charge on any atom is 0.239 e. The highest BCUT2D eigenvalue weighted by molar-refractivity contribution is 7.92. The minimum Gasteiger partial charge on any atom is -0.325 e. The van der Waals surface area contributed by atoms with Crippen molar-refractivity contribution in [1.29, 1.82) is 0 Å². The second kappa shape index (κ2) is 8.75. The molecule has 3 aromatic rings. The zero-order valence-corrected chi connectivity index (χ0v) is 16.3. The molecule has 1 amide bonds. The monoisotopic (exact) mass is 399 g/mol. The number of sulfone groups is 1. The molecular formula is C19H21N5O3S. The molecule has 146 valence electrons. The van der Waals surface area contributed by atoms with Crippen LogP contribution in [0.3, 0.4) is 0 Å². The Bertz CT molecular complexity index is 1030. The summed E-state index contributed by atoms with van der Waals surface area (Å²) in [5.74, 6) is -1.14. The van der Waals surface area contributed by atoms with E-state index in [9.17, 15) is 13.2 Å². The maximum absolute atomic E-state index is 12.2. The van der Waals surface area contributed by atoms with Gasteiger partial charge in [0.15, 0.2) is 9.84 Å². The van der Waals surface area contributed by atoms with Gasteiger partial charge in [-0.15, -0.1) is 5.10 Å². The maximum atomic E-state index is 12.2. The van der Waals surface area contributed by atoms with Crippen LogP contribution in [0.15, 0.2) is 54.9 Å². The third kappa shape index (κ3) is 5.46. The molecule has 9 heteroatoms. The number of aryl methyl sites for hydroxylation is 2. The van der Waals surface area contributed by atoms with Crippen LogP contribution in [0, 0.1) is 6.92 Å². The molecule has 0 radical (unpaired) electrons. The van der Waals surface area contributed by atoms with Gasteiger partial charge < -0.3 is 5.32 Å². The van der Waals surface area contributed by atoms with E-state index in [-0.39, 0.29) is 5.75 Å². The van der Waals surface area contributed by atoms with Crippen LogP contribution < -0.4 is 5.32 Å². The third-order valence-electron chi connectivity index (χ3n) is 4.20. The number of benzene rings is 2. The molecule has 2 aromatic carbocycles. The summed E-state index contributed by atoms with van der Waals surface area (Å²) in [6, 6.07) is 14.9. The number of nitrogens with one attached hydrogen (secondary N) is 1. The molecule has 0 saturated carbocycles. The Morgan fingerprint density at radius 2 is 1.93 bits per heavy atom. The zero-order chi connectivity index (χ0) is 20.0. The summed E-state index contributed by atoms with van der Waals surface area (Å²) < 4.78 is 26.0.